The Bertz CT molecular complexity index is 842. The van der Waals surface area contributed by atoms with Gasteiger partial charge in [-0.25, -0.2) is 4.68 Å². The zero-order chi connectivity index (χ0) is 19.2. The molecule has 2 N–H and O–H groups in total. The molecule has 134 valence electrons. The monoisotopic (exact) mass is 400 g/mol. The second-order valence-electron chi connectivity index (χ2n) is 4.76. The fourth-order valence-electron chi connectivity index (χ4n) is 2.05. The molecule has 1 heterocycles. The van der Waals surface area contributed by atoms with Gasteiger partial charge in [-0.1, -0.05) is 11.6 Å². The second kappa shape index (κ2) is 6.34. The van der Waals surface area contributed by atoms with E-state index in [2.05, 4.69) is 5.10 Å². The lowest BCUT2D eigenvalue weighted by molar-refractivity contribution is -0.137. The molecule has 0 atom stereocenters. The molecule has 0 fully saturated rings. The number of thioether (sulfide) groups is 1. The predicted octanol–water partition coefficient (Wildman–Crippen LogP) is 4.92. The maximum atomic E-state index is 12.8. The third-order valence-electron chi connectivity index (χ3n) is 2.99. The van der Waals surface area contributed by atoms with Crippen molar-refractivity contribution in [1.29, 1.82) is 5.26 Å². The van der Waals surface area contributed by atoms with Crippen LogP contribution >= 0.6 is 23.4 Å². The Morgan fingerprint density at radius 2 is 1.84 bits per heavy atom. The van der Waals surface area contributed by atoms with Crippen LogP contribution < -0.4 is 5.73 Å². The minimum absolute atomic E-state index is 0.0259. The molecule has 25 heavy (non-hydrogen) atoms. The van der Waals surface area contributed by atoms with Gasteiger partial charge in [0, 0.05) is 0 Å². The number of aryl methyl sites for hydroxylation is 1. The molecule has 0 aliphatic carbocycles. The van der Waals surface area contributed by atoms with E-state index in [4.69, 9.17) is 22.6 Å². The van der Waals surface area contributed by atoms with Crippen molar-refractivity contribution in [2.24, 2.45) is 0 Å². The molecular formula is C13H7ClF6N4S. The van der Waals surface area contributed by atoms with Gasteiger partial charge in [0.15, 0.2) is 5.69 Å². The number of nitrogens with two attached hydrogens (primary N) is 1. The summed E-state index contributed by atoms with van der Waals surface area (Å²) >= 11 is 5.22. The SMILES string of the molecule is Cc1cc(C(F)(F)F)cc(Cl)c1-n1nc(C#N)c(SC(F)(F)F)c1N. The van der Waals surface area contributed by atoms with Crippen LogP contribution in [0.5, 0.6) is 0 Å². The highest BCUT2D eigenvalue weighted by Gasteiger charge is 2.35. The van der Waals surface area contributed by atoms with Crippen LogP contribution in [0.2, 0.25) is 5.02 Å². The van der Waals surface area contributed by atoms with E-state index in [-0.39, 0.29) is 11.3 Å². The normalized spacial score (nSPS) is 12.3. The molecule has 0 radical (unpaired) electrons. The molecular weight excluding hydrogens is 394 g/mol. The van der Waals surface area contributed by atoms with Crippen LogP contribution in [0.1, 0.15) is 16.8 Å². The minimum Gasteiger partial charge on any atom is -0.383 e. The van der Waals surface area contributed by atoms with Gasteiger partial charge in [-0.2, -0.15) is 36.7 Å². The highest BCUT2D eigenvalue weighted by atomic mass is 35.5. The van der Waals surface area contributed by atoms with Crippen molar-refractivity contribution in [2.75, 3.05) is 5.73 Å². The highest BCUT2D eigenvalue weighted by molar-refractivity contribution is 8.00. The highest BCUT2D eigenvalue weighted by Crippen LogP contribution is 2.43. The molecule has 1 aromatic carbocycles. The van der Waals surface area contributed by atoms with E-state index in [0.717, 1.165) is 10.7 Å². The molecule has 4 nitrogen and oxygen atoms in total. The number of alkyl halides is 6. The number of benzene rings is 1. The standard InChI is InChI=1S/C13H7ClF6N4S/c1-5-2-6(12(15,16)17)3-7(14)9(5)24-11(22)10(8(4-21)23-24)25-13(18,19)20/h2-3H,22H2,1H3. The van der Waals surface area contributed by atoms with Crippen LogP contribution in [0.15, 0.2) is 17.0 Å². The van der Waals surface area contributed by atoms with E-state index >= 15 is 0 Å². The van der Waals surface area contributed by atoms with Gasteiger partial charge in [-0.3, -0.25) is 0 Å². The van der Waals surface area contributed by atoms with Crippen molar-refractivity contribution in [3.8, 4) is 11.8 Å². The van der Waals surface area contributed by atoms with Crippen molar-refractivity contribution < 1.29 is 26.3 Å². The molecule has 0 saturated carbocycles. The van der Waals surface area contributed by atoms with E-state index in [1.54, 1.807) is 0 Å². The fourth-order valence-corrected chi connectivity index (χ4v) is 3.00. The lowest BCUT2D eigenvalue weighted by atomic mass is 10.1. The molecule has 0 amide bonds. The van der Waals surface area contributed by atoms with E-state index in [1.807, 2.05) is 0 Å². The number of anilines is 1. The van der Waals surface area contributed by atoms with Crippen LogP contribution in [-0.4, -0.2) is 15.3 Å². The molecule has 1 aromatic heterocycles. The smallest absolute Gasteiger partial charge is 0.383 e. The third kappa shape index (κ3) is 3.96. The third-order valence-corrected chi connectivity index (χ3v) is 4.12. The number of hydrogen-bond acceptors (Lipinski definition) is 4. The van der Waals surface area contributed by atoms with Gasteiger partial charge >= 0.3 is 11.7 Å². The van der Waals surface area contributed by atoms with Gasteiger partial charge in [0.25, 0.3) is 0 Å². The molecule has 12 heteroatoms. The Hall–Kier alpha value is -2.06. The van der Waals surface area contributed by atoms with Gasteiger partial charge in [0.1, 0.15) is 11.9 Å². The van der Waals surface area contributed by atoms with Crippen LogP contribution in [-0.2, 0) is 6.18 Å². The average molecular weight is 401 g/mol. The molecule has 0 spiro atoms. The molecule has 2 rings (SSSR count). The Morgan fingerprint density at radius 3 is 2.28 bits per heavy atom. The first-order valence-corrected chi connectivity index (χ1v) is 7.46. The van der Waals surface area contributed by atoms with Gasteiger partial charge < -0.3 is 5.73 Å². The molecule has 0 bridgehead atoms. The summed E-state index contributed by atoms with van der Waals surface area (Å²) in [5, 5.41) is 12.2. The first-order valence-electron chi connectivity index (χ1n) is 6.27. The summed E-state index contributed by atoms with van der Waals surface area (Å²) in [4.78, 5) is -0.648. The lowest BCUT2D eigenvalue weighted by Gasteiger charge is -2.14. The maximum absolute atomic E-state index is 12.8. The van der Waals surface area contributed by atoms with Crippen LogP contribution in [0.3, 0.4) is 0 Å². The van der Waals surface area contributed by atoms with Gasteiger partial charge in [-0.15, -0.1) is 0 Å². The number of nitrogen functional groups attached to an aromatic ring is 1. The number of nitriles is 1. The van der Waals surface area contributed by atoms with Crippen molar-refractivity contribution in [3.05, 3.63) is 34.0 Å². The number of rotatable bonds is 2. The molecule has 0 saturated heterocycles. The number of hydrogen-bond donors (Lipinski definition) is 1. The van der Waals surface area contributed by atoms with Crippen molar-refractivity contribution in [2.45, 2.75) is 23.5 Å². The molecule has 2 aromatic rings. The lowest BCUT2D eigenvalue weighted by Crippen LogP contribution is -2.10. The van der Waals surface area contributed by atoms with Gasteiger partial charge in [-0.05, 0) is 36.4 Å². The van der Waals surface area contributed by atoms with Crippen LogP contribution in [0, 0.1) is 18.3 Å². The molecule has 0 unspecified atom stereocenters. The summed E-state index contributed by atoms with van der Waals surface area (Å²) in [7, 11) is 0. The Balaban J connectivity index is 2.66. The molecule has 0 aliphatic heterocycles. The van der Waals surface area contributed by atoms with E-state index in [1.165, 1.54) is 13.0 Å². The summed E-state index contributed by atoms with van der Waals surface area (Å²) in [5.74, 6) is -0.552. The molecule has 0 aliphatic rings. The zero-order valence-electron chi connectivity index (χ0n) is 12.1. The van der Waals surface area contributed by atoms with Crippen molar-refractivity contribution in [3.63, 3.8) is 0 Å². The summed E-state index contributed by atoms with van der Waals surface area (Å²) in [6.45, 7) is 1.26. The summed E-state index contributed by atoms with van der Waals surface area (Å²) < 4.78 is 76.9. The summed E-state index contributed by atoms with van der Waals surface area (Å²) in [6.07, 6.45) is -4.66. The largest absolute Gasteiger partial charge is 0.446 e. The van der Waals surface area contributed by atoms with Crippen molar-refractivity contribution in [1.82, 2.24) is 9.78 Å². The zero-order valence-corrected chi connectivity index (χ0v) is 13.7. The number of nitrogens with zero attached hydrogens (tertiary/aromatic N) is 3. The Kier molecular flexibility index (Phi) is 4.89. The van der Waals surface area contributed by atoms with E-state index < -0.39 is 50.4 Å². The van der Waals surface area contributed by atoms with Gasteiger partial charge in [0.05, 0.1) is 21.2 Å². The summed E-state index contributed by atoms with van der Waals surface area (Å²) in [6, 6.07) is 2.83. The van der Waals surface area contributed by atoms with Crippen LogP contribution in [0.4, 0.5) is 32.2 Å². The first kappa shape index (κ1) is 19.3. The Morgan fingerprint density at radius 1 is 1.24 bits per heavy atom. The predicted molar refractivity (Wildman–Crippen MR) is 79.4 cm³/mol. The Labute approximate surface area is 146 Å². The summed E-state index contributed by atoms with van der Waals surface area (Å²) in [5.41, 5.74) is -0.916. The van der Waals surface area contributed by atoms with E-state index in [9.17, 15) is 26.3 Å². The van der Waals surface area contributed by atoms with Gasteiger partial charge in [0.2, 0.25) is 0 Å². The average Bonchev–Trinajstić information content (AvgIpc) is 2.73. The number of halogens is 7. The first-order chi connectivity index (χ1) is 11.3. The quantitative estimate of drug-likeness (QED) is 0.574. The van der Waals surface area contributed by atoms with E-state index in [0.29, 0.717) is 6.07 Å². The number of aromatic nitrogens is 2. The minimum atomic E-state index is -4.73. The second-order valence-corrected chi connectivity index (χ2v) is 6.24. The topological polar surface area (TPSA) is 67.6 Å². The maximum Gasteiger partial charge on any atom is 0.446 e. The van der Waals surface area contributed by atoms with Crippen LogP contribution in [0.25, 0.3) is 5.69 Å². The fraction of sp³-hybridized carbons (Fsp3) is 0.231. The van der Waals surface area contributed by atoms with Crippen molar-refractivity contribution >= 4 is 29.2 Å².